The maximum Gasteiger partial charge on any atom is 0.0476 e. The molecule has 1 heterocycles. The third kappa shape index (κ3) is 5.94. The summed E-state index contributed by atoms with van der Waals surface area (Å²) in [5.41, 5.74) is 13.1. The molecule has 0 aliphatic carbocycles. The third-order valence-electron chi connectivity index (χ3n) is 11.5. The molecule has 0 fully saturated rings. The lowest BCUT2D eigenvalue weighted by atomic mass is 9.85. The Bertz CT molecular complexity index is 3240. The fourth-order valence-electron chi connectivity index (χ4n) is 8.72. The summed E-state index contributed by atoms with van der Waals surface area (Å²) in [7, 11) is 0. The van der Waals surface area contributed by atoms with Gasteiger partial charge in [0.1, 0.15) is 0 Å². The lowest BCUT2D eigenvalue weighted by Crippen LogP contribution is -2.10. The van der Waals surface area contributed by atoms with Crippen molar-refractivity contribution in [2.24, 2.45) is 0 Å². The Kier molecular flexibility index (Phi) is 8.42. The van der Waals surface area contributed by atoms with Crippen LogP contribution in [0.1, 0.15) is 0 Å². The van der Waals surface area contributed by atoms with E-state index < -0.39 is 0 Å². The Labute approximate surface area is 342 Å². The van der Waals surface area contributed by atoms with Crippen LogP contribution >= 0.6 is 11.3 Å². The minimum absolute atomic E-state index is 1.11. The maximum atomic E-state index is 2.43. The molecule has 1 nitrogen and oxygen atoms in total. The normalized spacial score (nSPS) is 11.4. The summed E-state index contributed by atoms with van der Waals surface area (Å²) in [5.74, 6) is 0. The standard InChI is InChI=1S/C56H37NS/c1-4-14-38(15-5-1)39-24-26-40(27-25-39)41-28-30-44(31-29-41)57(46-33-35-50-49-21-12-13-23-53(49)58-54(50)37-46)45-32-34-48-47-20-10-11-22-51(47)55(42-16-6-2-7-17-42)56(52(48)36-45)43-18-8-3-9-19-43/h1-37H. The van der Waals surface area contributed by atoms with Gasteiger partial charge in [-0.05, 0) is 109 Å². The summed E-state index contributed by atoms with van der Waals surface area (Å²) in [6.45, 7) is 0. The molecule has 0 unspecified atom stereocenters. The Hall–Kier alpha value is -7.26. The van der Waals surface area contributed by atoms with Crippen molar-refractivity contribution in [3.63, 3.8) is 0 Å². The first-order valence-electron chi connectivity index (χ1n) is 19.8. The van der Waals surface area contributed by atoms with Gasteiger partial charge in [0.05, 0.1) is 0 Å². The Balaban J connectivity index is 1.12. The number of anilines is 3. The molecule has 58 heavy (non-hydrogen) atoms. The molecule has 0 bridgehead atoms. The number of rotatable bonds is 7. The quantitative estimate of drug-likeness (QED) is 0.146. The highest BCUT2D eigenvalue weighted by atomic mass is 32.1. The van der Waals surface area contributed by atoms with Crippen molar-refractivity contribution in [1.82, 2.24) is 0 Å². The van der Waals surface area contributed by atoms with Gasteiger partial charge in [-0.25, -0.2) is 0 Å². The Morgan fingerprint density at radius 3 is 1.26 bits per heavy atom. The van der Waals surface area contributed by atoms with E-state index in [0.29, 0.717) is 0 Å². The second kappa shape index (κ2) is 14.4. The monoisotopic (exact) mass is 755 g/mol. The second-order valence-electron chi connectivity index (χ2n) is 14.9. The molecule has 11 rings (SSSR count). The Morgan fingerprint density at radius 1 is 0.241 bits per heavy atom. The van der Waals surface area contributed by atoms with E-state index >= 15 is 0 Å². The van der Waals surface area contributed by atoms with Crippen molar-refractivity contribution in [2.75, 3.05) is 4.90 Å². The highest BCUT2D eigenvalue weighted by Gasteiger charge is 2.21. The molecule has 0 spiro atoms. The summed E-state index contributed by atoms with van der Waals surface area (Å²) in [6, 6.07) is 81.9. The minimum Gasteiger partial charge on any atom is -0.310 e. The first kappa shape index (κ1) is 34.0. The topological polar surface area (TPSA) is 3.24 Å². The van der Waals surface area contributed by atoms with Gasteiger partial charge in [0.25, 0.3) is 0 Å². The van der Waals surface area contributed by atoms with Crippen LogP contribution in [0.2, 0.25) is 0 Å². The van der Waals surface area contributed by atoms with Gasteiger partial charge in [-0.2, -0.15) is 0 Å². The molecule has 0 saturated carbocycles. The van der Waals surface area contributed by atoms with Gasteiger partial charge in [-0.15, -0.1) is 11.3 Å². The highest BCUT2D eigenvalue weighted by molar-refractivity contribution is 7.25. The lowest BCUT2D eigenvalue weighted by Gasteiger charge is -2.27. The van der Waals surface area contributed by atoms with Gasteiger partial charge in [0, 0.05) is 37.2 Å². The third-order valence-corrected chi connectivity index (χ3v) is 12.6. The van der Waals surface area contributed by atoms with E-state index in [-0.39, 0.29) is 0 Å². The van der Waals surface area contributed by atoms with Crippen LogP contribution in [0.4, 0.5) is 17.1 Å². The number of hydrogen-bond acceptors (Lipinski definition) is 2. The lowest BCUT2D eigenvalue weighted by molar-refractivity contribution is 1.30. The first-order chi connectivity index (χ1) is 28.8. The SMILES string of the molecule is c1ccc(-c2ccc(-c3ccc(N(c4ccc5c(c4)sc4ccccc45)c4ccc5c(c4)c(-c4ccccc4)c(-c4ccccc4)c4ccccc45)cc3)cc2)cc1. The molecule has 0 radical (unpaired) electrons. The molecule has 2 heteroatoms. The molecule has 10 aromatic carbocycles. The van der Waals surface area contributed by atoms with Crippen molar-refractivity contribution in [2.45, 2.75) is 0 Å². The zero-order valence-electron chi connectivity index (χ0n) is 31.7. The first-order valence-corrected chi connectivity index (χ1v) is 20.7. The van der Waals surface area contributed by atoms with Crippen LogP contribution in [0.3, 0.4) is 0 Å². The van der Waals surface area contributed by atoms with Crippen molar-refractivity contribution in [1.29, 1.82) is 0 Å². The summed E-state index contributed by atoms with van der Waals surface area (Å²) in [5, 5.41) is 7.58. The fraction of sp³-hybridized carbons (Fsp3) is 0. The average Bonchev–Trinajstić information content (AvgIpc) is 3.68. The van der Waals surface area contributed by atoms with E-state index in [1.165, 1.54) is 86.2 Å². The molecule has 272 valence electrons. The largest absolute Gasteiger partial charge is 0.310 e. The molecule has 0 amide bonds. The van der Waals surface area contributed by atoms with Crippen LogP contribution in [-0.2, 0) is 0 Å². The highest BCUT2D eigenvalue weighted by Crippen LogP contribution is 2.47. The van der Waals surface area contributed by atoms with E-state index in [1.807, 2.05) is 11.3 Å². The van der Waals surface area contributed by atoms with Gasteiger partial charge in [-0.1, -0.05) is 182 Å². The molecule has 11 aromatic rings. The van der Waals surface area contributed by atoms with E-state index in [2.05, 4.69) is 229 Å². The molecule has 0 saturated heterocycles. The molecular weight excluding hydrogens is 719 g/mol. The van der Waals surface area contributed by atoms with Crippen LogP contribution in [0.25, 0.3) is 86.2 Å². The van der Waals surface area contributed by atoms with Crippen molar-refractivity contribution < 1.29 is 0 Å². The molecule has 0 N–H and O–H groups in total. The maximum absolute atomic E-state index is 2.43. The zero-order chi connectivity index (χ0) is 38.4. The van der Waals surface area contributed by atoms with E-state index in [1.54, 1.807) is 0 Å². The number of thiophene rings is 1. The number of benzene rings is 10. The number of nitrogens with zero attached hydrogens (tertiary/aromatic N) is 1. The average molecular weight is 756 g/mol. The fourth-order valence-corrected chi connectivity index (χ4v) is 9.86. The van der Waals surface area contributed by atoms with Crippen LogP contribution in [0, 0.1) is 0 Å². The van der Waals surface area contributed by atoms with Gasteiger partial charge in [-0.3, -0.25) is 0 Å². The second-order valence-corrected chi connectivity index (χ2v) is 15.9. The van der Waals surface area contributed by atoms with Gasteiger partial charge in [0.15, 0.2) is 0 Å². The predicted octanol–water partition coefficient (Wildman–Crippen LogP) is 16.5. The van der Waals surface area contributed by atoms with Gasteiger partial charge < -0.3 is 4.90 Å². The molecular formula is C56H37NS. The zero-order valence-corrected chi connectivity index (χ0v) is 32.5. The number of fused-ring (bicyclic) bond motifs is 6. The van der Waals surface area contributed by atoms with Crippen molar-refractivity contribution in [3.05, 3.63) is 224 Å². The van der Waals surface area contributed by atoms with Crippen LogP contribution in [0.5, 0.6) is 0 Å². The minimum atomic E-state index is 1.11. The summed E-state index contributed by atoms with van der Waals surface area (Å²) in [4.78, 5) is 2.43. The molecule has 0 aliphatic rings. The summed E-state index contributed by atoms with van der Waals surface area (Å²) in [6.07, 6.45) is 0. The molecule has 0 atom stereocenters. The predicted molar refractivity (Wildman–Crippen MR) is 251 cm³/mol. The van der Waals surface area contributed by atoms with Crippen LogP contribution in [0.15, 0.2) is 224 Å². The summed E-state index contributed by atoms with van der Waals surface area (Å²) < 4.78 is 2.59. The molecule has 0 aliphatic heterocycles. The Morgan fingerprint density at radius 2 is 0.638 bits per heavy atom. The van der Waals surface area contributed by atoms with Gasteiger partial charge >= 0.3 is 0 Å². The van der Waals surface area contributed by atoms with E-state index in [0.717, 1.165) is 17.1 Å². The molecule has 1 aromatic heterocycles. The van der Waals surface area contributed by atoms with Crippen LogP contribution < -0.4 is 4.90 Å². The van der Waals surface area contributed by atoms with Gasteiger partial charge in [0.2, 0.25) is 0 Å². The van der Waals surface area contributed by atoms with Crippen LogP contribution in [-0.4, -0.2) is 0 Å². The van der Waals surface area contributed by atoms with E-state index in [9.17, 15) is 0 Å². The smallest absolute Gasteiger partial charge is 0.0476 e. The van der Waals surface area contributed by atoms with Crippen molar-refractivity contribution >= 4 is 70.1 Å². The summed E-state index contributed by atoms with van der Waals surface area (Å²) >= 11 is 1.86. The van der Waals surface area contributed by atoms with Crippen molar-refractivity contribution in [3.8, 4) is 44.5 Å². The van der Waals surface area contributed by atoms with E-state index in [4.69, 9.17) is 0 Å². The number of hydrogen-bond donors (Lipinski definition) is 0.